The predicted octanol–water partition coefficient (Wildman–Crippen LogP) is 2.50. The molecule has 122 valence electrons. The second-order valence-electron chi connectivity index (χ2n) is 5.83. The van der Waals surface area contributed by atoms with E-state index in [1.807, 2.05) is 31.2 Å². The third-order valence-corrected chi connectivity index (χ3v) is 4.54. The van der Waals surface area contributed by atoms with Crippen LogP contribution in [-0.2, 0) is 0 Å². The van der Waals surface area contributed by atoms with Gasteiger partial charge in [0, 0.05) is 12.5 Å². The van der Waals surface area contributed by atoms with Crippen LogP contribution >= 0.6 is 11.3 Å². The molecule has 6 heteroatoms. The molecule has 1 aromatic heterocycles. The summed E-state index contributed by atoms with van der Waals surface area (Å²) in [7, 11) is 0. The molecule has 5 nitrogen and oxygen atoms in total. The average Bonchev–Trinajstić information content (AvgIpc) is 3.27. The zero-order chi connectivity index (χ0) is 16.2. The Bertz CT molecular complexity index is 682. The van der Waals surface area contributed by atoms with Gasteiger partial charge in [0.25, 0.3) is 5.91 Å². The van der Waals surface area contributed by atoms with Crippen molar-refractivity contribution in [2.24, 2.45) is 0 Å². The molecule has 1 saturated carbocycles. The first-order valence-electron chi connectivity index (χ1n) is 7.72. The summed E-state index contributed by atoms with van der Waals surface area (Å²) in [5.74, 6) is 0.995. The molecule has 0 spiro atoms. The minimum atomic E-state index is -0.753. The fourth-order valence-electron chi connectivity index (χ4n) is 2.32. The maximum atomic E-state index is 12.2. The number of aromatic nitrogens is 1. The molecule has 0 radical (unpaired) electrons. The number of nitrogens with one attached hydrogen (secondary N) is 1. The second kappa shape index (κ2) is 7.10. The van der Waals surface area contributed by atoms with E-state index in [-0.39, 0.29) is 19.1 Å². The fraction of sp³-hybridized carbons (Fsp3) is 0.412. The van der Waals surface area contributed by atoms with Gasteiger partial charge in [-0.3, -0.25) is 4.79 Å². The molecule has 3 rings (SSSR count). The van der Waals surface area contributed by atoms with Crippen LogP contribution in [0.1, 0.15) is 39.7 Å². The molecule has 1 aliphatic rings. The Kier molecular flexibility index (Phi) is 4.93. The molecule has 1 heterocycles. The van der Waals surface area contributed by atoms with Crippen LogP contribution < -0.4 is 10.1 Å². The summed E-state index contributed by atoms with van der Waals surface area (Å²) >= 11 is 1.35. The fourth-order valence-corrected chi connectivity index (χ4v) is 3.11. The van der Waals surface area contributed by atoms with Crippen LogP contribution in [0.25, 0.3) is 0 Å². The van der Waals surface area contributed by atoms with Crippen LogP contribution in [0.4, 0.5) is 0 Å². The minimum absolute atomic E-state index is 0.141. The van der Waals surface area contributed by atoms with Crippen molar-refractivity contribution < 1.29 is 14.6 Å². The normalized spacial score (nSPS) is 15.2. The van der Waals surface area contributed by atoms with E-state index in [4.69, 9.17) is 4.74 Å². The van der Waals surface area contributed by atoms with Crippen LogP contribution in [-0.4, -0.2) is 35.3 Å². The Labute approximate surface area is 139 Å². The van der Waals surface area contributed by atoms with Gasteiger partial charge in [-0.25, -0.2) is 4.98 Å². The second-order valence-corrected chi connectivity index (χ2v) is 6.69. The third kappa shape index (κ3) is 4.30. The number of rotatable bonds is 7. The summed E-state index contributed by atoms with van der Waals surface area (Å²) in [5.41, 5.74) is 3.71. The summed E-state index contributed by atoms with van der Waals surface area (Å²) in [4.78, 5) is 17.1. The molecule has 23 heavy (non-hydrogen) atoms. The number of aliphatic hydroxyl groups is 1. The summed E-state index contributed by atoms with van der Waals surface area (Å²) in [6, 6.07) is 7.64. The van der Waals surface area contributed by atoms with Crippen molar-refractivity contribution in [3.8, 4) is 5.75 Å². The molecule has 0 saturated heterocycles. The standard InChI is InChI=1S/C17H20N2O3S/c1-11-3-2-4-14(7-11)22-9-13(20)8-18-17(21)16-15(12-5-6-12)19-10-23-16/h2-4,7,10,12-13,20H,5-6,8-9H2,1H3,(H,18,21). The average molecular weight is 332 g/mol. The van der Waals surface area contributed by atoms with Gasteiger partial charge in [0.1, 0.15) is 23.3 Å². The number of nitrogens with zero attached hydrogens (tertiary/aromatic N) is 1. The molecular weight excluding hydrogens is 312 g/mol. The van der Waals surface area contributed by atoms with Crippen molar-refractivity contribution in [1.29, 1.82) is 0 Å². The maximum Gasteiger partial charge on any atom is 0.263 e. The smallest absolute Gasteiger partial charge is 0.263 e. The van der Waals surface area contributed by atoms with Gasteiger partial charge in [-0.05, 0) is 37.5 Å². The molecule has 1 aliphatic carbocycles. The number of hydrogen-bond acceptors (Lipinski definition) is 5. The van der Waals surface area contributed by atoms with Gasteiger partial charge in [-0.15, -0.1) is 11.3 Å². The molecule has 1 aromatic carbocycles. The molecule has 0 bridgehead atoms. The van der Waals surface area contributed by atoms with E-state index in [0.29, 0.717) is 16.5 Å². The number of amides is 1. The first-order valence-corrected chi connectivity index (χ1v) is 8.60. The number of aryl methyl sites for hydroxylation is 1. The molecule has 2 aromatic rings. The van der Waals surface area contributed by atoms with Gasteiger partial charge < -0.3 is 15.2 Å². The number of aliphatic hydroxyl groups excluding tert-OH is 1. The lowest BCUT2D eigenvalue weighted by molar-refractivity contribution is 0.0846. The van der Waals surface area contributed by atoms with E-state index in [1.54, 1.807) is 5.51 Å². The van der Waals surface area contributed by atoms with E-state index < -0.39 is 6.10 Å². The van der Waals surface area contributed by atoms with Crippen molar-refractivity contribution >= 4 is 17.2 Å². The van der Waals surface area contributed by atoms with Crippen molar-refractivity contribution in [2.75, 3.05) is 13.2 Å². The first kappa shape index (κ1) is 16.0. The van der Waals surface area contributed by atoms with E-state index in [9.17, 15) is 9.90 Å². The Morgan fingerprint density at radius 2 is 2.35 bits per heavy atom. The van der Waals surface area contributed by atoms with Gasteiger partial charge in [0.2, 0.25) is 0 Å². The molecule has 1 atom stereocenters. The highest BCUT2D eigenvalue weighted by molar-refractivity contribution is 7.11. The molecule has 1 fully saturated rings. The zero-order valence-corrected chi connectivity index (χ0v) is 13.8. The summed E-state index contributed by atoms with van der Waals surface area (Å²) in [6.45, 7) is 2.28. The number of benzene rings is 1. The van der Waals surface area contributed by atoms with Gasteiger partial charge in [-0.2, -0.15) is 0 Å². The Morgan fingerprint density at radius 3 is 3.09 bits per heavy atom. The first-order chi connectivity index (χ1) is 11.1. The highest BCUT2D eigenvalue weighted by atomic mass is 32.1. The lowest BCUT2D eigenvalue weighted by Crippen LogP contribution is -2.35. The number of carbonyl (C=O) groups excluding carboxylic acids is 1. The molecule has 1 amide bonds. The van der Waals surface area contributed by atoms with Crippen LogP contribution in [0.3, 0.4) is 0 Å². The van der Waals surface area contributed by atoms with Crippen molar-refractivity contribution in [1.82, 2.24) is 10.3 Å². The van der Waals surface area contributed by atoms with Crippen LogP contribution in [0.5, 0.6) is 5.75 Å². The Morgan fingerprint density at radius 1 is 1.52 bits per heavy atom. The highest BCUT2D eigenvalue weighted by Crippen LogP contribution is 2.41. The Hall–Kier alpha value is -1.92. The number of ether oxygens (including phenoxy) is 1. The molecular formula is C17H20N2O3S. The summed E-state index contributed by atoms with van der Waals surface area (Å²) in [6.07, 6.45) is 1.46. The number of carbonyl (C=O) groups is 1. The van der Waals surface area contributed by atoms with Gasteiger partial charge >= 0.3 is 0 Å². The summed E-state index contributed by atoms with van der Waals surface area (Å²) < 4.78 is 5.53. The van der Waals surface area contributed by atoms with Crippen molar-refractivity contribution in [2.45, 2.75) is 31.8 Å². The minimum Gasteiger partial charge on any atom is -0.491 e. The van der Waals surface area contributed by atoms with E-state index in [1.165, 1.54) is 11.3 Å². The quantitative estimate of drug-likeness (QED) is 0.817. The molecule has 0 aliphatic heterocycles. The third-order valence-electron chi connectivity index (χ3n) is 3.70. The van der Waals surface area contributed by atoms with Crippen LogP contribution in [0.2, 0.25) is 0 Å². The maximum absolute atomic E-state index is 12.2. The molecule has 2 N–H and O–H groups in total. The lowest BCUT2D eigenvalue weighted by Gasteiger charge is -2.13. The van der Waals surface area contributed by atoms with Gasteiger partial charge in [-0.1, -0.05) is 12.1 Å². The SMILES string of the molecule is Cc1cccc(OCC(O)CNC(=O)c2scnc2C2CC2)c1. The predicted molar refractivity (Wildman–Crippen MR) is 89.1 cm³/mol. The highest BCUT2D eigenvalue weighted by Gasteiger charge is 2.30. The Balaban J connectivity index is 1.46. The van der Waals surface area contributed by atoms with Crippen LogP contribution in [0, 0.1) is 6.92 Å². The monoisotopic (exact) mass is 332 g/mol. The number of thiazole rings is 1. The van der Waals surface area contributed by atoms with Gasteiger partial charge in [0.15, 0.2) is 0 Å². The van der Waals surface area contributed by atoms with E-state index in [2.05, 4.69) is 10.3 Å². The van der Waals surface area contributed by atoms with E-state index >= 15 is 0 Å². The lowest BCUT2D eigenvalue weighted by atomic mass is 10.2. The van der Waals surface area contributed by atoms with Crippen LogP contribution in [0.15, 0.2) is 29.8 Å². The van der Waals surface area contributed by atoms with E-state index in [0.717, 1.165) is 24.1 Å². The molecule has 1 unspecified atom stereocenters. The summed E-state index contributed by atoms with van der Waals surface area (Å²) in [5, 5.41) is 12.7. The topological polar surface area (TPSA) is 71.5 Å². The van der Waals surface area contributed by atoms with Crippen molar-refractivity contribution in [3.05, 3.63) is 45.9 Å². The van der Waals surface area contributed by atoms with Gasteiger partial charge in [0.05, 0.1) is 11.2 Å². The van der Waals surface area contributed by atoms with Crippen molar-refractivity contribution in [3.63, 3.8) is 0 Å². The zero-order valence-electron chi connectivity index (χ0n) is 13.0. The largest absolute Gasteiger partial charge is 0.491 e. The number of hydrogen-bond donors (Lipinski definition) is 2.